The number of aliphatic hydroxyl groups excluding tert-OH is 1. The number of carbonyl (C=O) groups excluding carboxylic acids is 1. The molecule has 7 heteroatoms. The summed E-state index contributed by atoms with van der Waals surface area (Å²) in [5, 5.41) is 16.0. The van der Waals surface area contributed by atoms with Gasteiger partial charge >= 0.3 is 6.03 Å². The van der Waals surface area contributed by atoms with Crippen molar-refractivity contribution in [1.29, 1.82) is 0 Å². The number of urea groups is 1. The Bertz CT molecular complexity index is 677. The van der Waals surface area contributed by atoms with Gasteiger partial charge in [0.2, 0.25) is 0 Å². The number of nitrogens with zero attached hydrogens (tertiary/aromatic N) is 2. The number of benzene rings is 1. The van der Waals surface area contributed by atoms with Crippen molar-refractivity contribution in [2.75, 3.05) is 25.5 Å². The van der Waals surface area contributed by atoms with E-state index in [-0.39, 0.29) is 12.6 Å². The lowest BCUT2D eigenvalue weighted by molar-refractivity contribution is 0.173. The number of halogens is 1. The lowest BCUT2D eigenvalue weighted by atomic mass is 10.1. The molecule has 0 saturated heterocycles. The fourth-order valence-electron chi connectivity index (χ4n) is 2.05. The molecule has 6 nitrogen and oxygen atoms in total. The minimum atomic E-state index is -0.783. The fraction of sp³-hybridized carbons (Fsp3) is 0.294. The van der Waals surface area contributed by atoms with Crippen LogP contribution in [0.1, 0.15) is 17.2 Å². The van der Waals surface area contributed by atoms with Crippen molar-refractivity contribution in [1.82, 2.24) is 15.6 Å². The van der Waals surface area contributed by atoms with Gasteiger partial charge in [-0.05, 0) is 35.4 Å². The van der Waals surface area contributed by atoms with Gasteiger partial charge in [0.1, 0.15) is 5.82 Å². The number of hydrogen-bond acceptors (Lipinski definition) is 4. The van der Waals surface area contributed by atoms with E-state index in [1.165, 1.54) is 0 Å². The number of carbonyl (C=O) groups is 1. The monoisotopic (exact) mass is 348 g/mol. The van der Waals surface area contributed by atoms with Crippen LogP contribution in [0.5, 0.6) is 0 Å². The summed E-state index contributed by atoms with van der Waals surface area (Å²) in [6.45, 7) is 0.499. The number of pyridine rings is 1. The second kappa shape index (κ2) is 8.52. The zero-order chi connectivity index (χ0) is 17.5. The predicted molar refractivity (Wildman–Crippen MR) is 95.2 cm³/mol. The van der Waals surface area contributed by atoms with E-state index in [1.807, 2.05) is 31.1 Å². The number of aliphatic hydroxyl groups is 1. The first kappa shape index (κ1) is 18.0. The summed E-state index contributed by atoms with van der Waals surface area (Å²) < 4.78 is 0. The van der Waals surface area contributed by atoms with Gasteiger partial charge in [-0.15, -0.1) is 0 Å². The highest BCUT2D eigenvalue weighted by molar-refractivity contribution is 6.30. The lowest BCUT2D eigenvalue weighted by Gasteiger charge is -2.14. The molecule has 2 rings (SSSR count). The van der Waals surface area contributed by atoms with E-state index in [1.54, 1.807) is 30.5 Å². The quantitative estimate of drug-likeness (QED) is 0.748. The highest BCUT2D eigenvalue weighted by Crippen LogP contribution is 2.15. The maximum atomic E-state index is 11.8. The fourth-order valence-corrected chi connectivity index (χ4v) is 2.18. The average molecular weight is 349 g/mol. The molecule has 1 heterocycles. The summed E-state index contributed by atoms with van der Waals surface area (Å²) >= 11 is 5.81. The van der Waals surface area contributed by atoms with E-state index >= 15 is 0 Å². The Hall–Kier alpha value is -2.31. The average Bonchev–Trinajstić information content (AvgIpc) is 2.58. The van der Waals surface area contributed by atoms with Gasteiger partial charge in [-0.2, -0.15) is 0 Å². The van der Waals surface area contributed by atoms with Crippen LogP contribution in [-0.4, -0.2) is 36.8 Å². The van der Waals surface area contributed by atoms with Gasteiger partial charge in [-0.25, -0.2) is 9.78 Å². The Morgan fingerprint density at radius 1 is 1.25 bits per heavy atom. The number of aromatic nitrogens is 1. The molecule has 0 spiro atoms. The van der Waals surface area contributed by atoms with Crippen molar-refractivity contribution in [3.05, 3.63) is 58.7 Å². The van der Waals surface area contributed by atoms with Crippen LogP contribution >= 0.6 is 11.6 Å². The Morgan fingerprint density at radius 2 is 1.96 bits per heavy atom. The molecule has 1 aromatic heterocycles. The Balaban J connectivity index is 1.79. The Kier molecular flexibility index (Phi) is 6.40. The third-order valence-electron chi connectivity index (χ3n) is 3.43. The van der Waals surface area contributed by atoms with Gasteiger partial charge < -0.3 is 20.6 Å². The normalized spacial score (nSPS) is 11.7. The van der Waals surface area contributed by atoms with Crippen LogP contribution in [0.3, 0.4) is 0 Å². The summed E-state index contributed by atoms with van der Waals surface area (Å²) in [4.78, 5) is 18.0. The summed E-state index contributed by atoms with van der Waals surface area (Å²) in [6, 6.07) is 10.3. The first-order valence-electron chi connectivity index (χ1n) is 7.53. The molecule has 2 amide bonds. The molecule has 0 bridgehead atoms. The van der Waals surface area contributed by atoms with Crippen LogP contribution in [0.25, 0.3) is 0 Å². The van der Waals surface area contributed by atoms with E-state index in [0.717, 1.165) is 11.4 Å². The maximum absolute atomic E-state index is 11.8. The van der Waals surface area contributed by atoms with Gasteiger partial charge in [-0.3, -0.25) is 0 Å². The molecule has 3 N–H and O–H groups in total. The molecule has 128 valence electrons. The zero-order valence-electron chi connectivity index (χ0n) is 13.7. The highest BCUT2D eigenvalue weighted by Gasteiger charge is 2.09. The minimum absolute atomic E-state index is 0.118. The number of anilines is 1. The molecular formula is C17H21ClN4O2. The molecule has 0 aliphatic heterocycles. The molecule has 0 unspecified atom stereocenters. The minimum Gasteiger partial charge on any atom is -0.387 e. The molecule has 0 saturated carbocycles. The molecule has 0 radical (unpaired) electrons. The summed E-state index contributed by atoms with van der Waals surface area (Å²) in [7, 11) is 3.81. The van der Waals surface area contributed by atoms with Crippen molar-refractivity contribution >= 4 is 23.4 Å². The van der Waals surface area contributed by atoms with E-state index in [4.69, 9.17) is 11.6 Å². The molecule has 0 fully saturated rings. The molecule has 1 atom stereocenters. The zero-order valence-corrected chi connectivity index (χ0v) is 14.4. The SMILES string of the molecule is CN(C)c1cc(CNC(=O)NC[C@H](O)c2ccc(Cl)cc2)ccn1. The Morgan fingerprint density at radius 3 is 2.62 bits per heavy atom. The predicted octanol–water partition coefficient (Wildman–Crippen LogP) is 2.33. The van der Waals surface area contributed by atoms with Crippen molar-refractivity contribution in [2.45, 2.75) is 12.6 Å². The van der Waals surface area contributed by atoms with E-state index < -0.39 is 6.10 Å². The van der Waals surface area contributed by atoms with Crippen LogP contribution < -0.4 is 15.5 Å². The third kappa shape index (κ3) is 5.40. The van der Waals surface area contributed by atoms with Crippen LogP contribution in [0.15, 0.2) is 42.6 Å². The first-order valence-corrected chi connectivity index (χ1v) is 7.91. The van der Waals surface area contributed by atoms with Gasteiger partial charge in [0.15, 0.2) is 0 Å². The van der Waals surface area contributed by atoms with E-state index in [9.17, 15) is 9.90 Å². The van der Waals surface area contributed by atoms with E-state index in [2.05, 4.69) is 15.6 Å². The summed E-state index contributed by atoms with van der Waals surface area (Å²) in [5.74, 6) is 0.827. The third-order valence-corrected chi connectivity index (χ3v) is 3.68. The summed E-state index contributed by atoms with van der Waals surface area (Å²) in [5.41, 5.74) is 1.64. The molecule has 0 aliphatic carbocycles. The first-order chi connectivity index (χ1) is 11.5. The van der Waals surface area contributed by atoms with Gasteiger partial charge in [-0.1, -0.05) is 23.7 Å². The Labute approximate surface area is 146 Å². The topological polar surface area (TPSA) is 77.5 Å². The molecule has 0 aliphatic rings. The van der Waals surface area contributed by atoms with Crippen molar-refractivity contribution in [3.8, 4) is 0 Å². The van der Waals surface area contributed by atoms with Crippen LogP contribution in [0.4, 0.5) is 10.6 Å². The molecule has 2 aromatic rings. The molecule has 1 aromatic carbocycles. The molecular weight excluding hydrogens is 328 g/mol. The van der Waals surface area contributed by atoms with Crippen LogP contribution in [0, 0.1) is 0 Å². The second-order valence-corrected chi connectivity index (χ2v) is 5.98. The standard InChI is InChI=1S/C17H21ClN4O2/c1-22(2)16-9-12(7-8-19-16)10-20-17(24)21-11-15(23)13-3-5-14(18)6-4-13/h3-9,15,23H,10-11H2,1-2H3,(H2,20,21,24)/t15-/m0/s1. The lowest BCUT2D eigenvalue weighted by Crippen LogP contribution is -2.37. The van der Waals surface area contributed by atoms with E-state index in [0.29, 0.717) is 17.1 Å². The summed E-state index contributed by atoms with van der Waals surface area (Å²) in [6.07, 6.45) is 0.920. The highest BCUT2D eigenvalue weighted by atomic mass is 35.5. The van der Waals surface area contributed by atoms with Gasteiger partial charge in [0.25, 0.3) is 0 Å². The van der Waals surface area contributed by atoms with Crippen molar-refractivity contribution < 1.29 is 9.90 Å². The molecule has 24 heavy (non-hydrogen) atoms. The van der Waals surface area contributed by atoms with Crippen LogP contribution in [0.2, 0.25) is 5.02 Å². The largest absolute Gasteiger partial charge is 0.387 e. The van der Waals surface area contributed by atoms with Gasteiger partial charge in [0.05, 0.1) is 6.10 Å². The van der Waals surface area contributed by atoms with Gasteiger partial charge in [0, 0.05) is 38.4 Å². The van der Waals surface area contributed by atoms with Crippen molar-refractivity contribution in [2.24, 2.45) is 0 Å². The maximum Gasteiger partial charge on any atom is 0.315 e. The number of hydrogen-bond donors (Lipinski definition) is 3. The van der Waals surface area contributed by atoms with Crippen molar-refractivity contribution in [3.63, 3.8) is 0 Å². The number of rotatable bonds is 6. The number of amides is 2. The van der Waals surface area contributed by atoms with Crippen LogP contribution in [-0.2, 0) is 6.54 Å². The number of nitrogens with one attached hydrogen (secondary N) is 2. The smallest absolute Gasteiger partial charge is 0.315 e. The second-order valence-electron chi connectivity index (χ2n) is 5.55.